The minimum Gasteiger partial charge on any atom is -0.477 e. The third-order valence-electron chi connectivity index (χ3n) is 3.44. The van der Waals surface area contributed by atoms with E-state index in [0.717, 1.165) is 17.9 Å². The quantitative estimate of drug-likeness (QED) is 0.424. The fraction of sp³-hybridized carbons (Fsp3) is 0.294. The normalized spacial score (nSPS) is 14.0. The van der Waals surface area contributed by atoms with Crippen molar-refractivity contribution in [2.75, 3.05) is 11.9 Å². The van der Waals surface area contributed by atoms with Crippen molar-refractivity contribution >= 4 is 35.6 Å². The Morgan fingerprint density at radius 3 is 2.78 bits per heavy atom. The highest BCUT2D eigenvalue weighted by Gasteiger charge is 2.22. The highest BCUT2D eigenvalue weighted by molar-refractivity contribution is 14.0. The first-order chi connectivity index (χ1) is 10.8. The van der Waals surface area contributed by atoms with Crippen LogP contribution in [0.2, 0.25) is 0 Å². The summed E-state index contributed by atoms with van der Waals surface area (Å²) in [6, 6.07) is 13.6. The number of nitrogens with zero attached hydrogens (tertiary/aromatic N) is 2. The summed E-state index contributed by atoms with van der Waals surface area (Å²) in [5, 5.41) is 3.06. The van der Waals surface area contributed by atoms with Gasteiger partial charge in [-0.15, -0.1) is 24.0 Å². The summed E-state index contributed by atoms with van der Waals surface area (Å²) in [6.07, 6.45) is 4.28. The molecule has 2 aromatic rings. The molecule has 122 valence electrons. The Balaban J connectivity index is 0.00000192. The number of rotatable bonds is 6. The van der Waals surface area contributed by atoms with Crippen LogP contribution in [0.4, 0.5) is 5.69 Å². The third kappa shape index (κ3) is 6.05. The number of hydrogen-bond donors (Lipinski definition) is 2. The van der Waals surface area contributed by atoms with Gasteiger partial charge in [0.05, 0.1) is 13.2 Å². The summed E-state index contributed by atoms with van der Waals surface area (Å²) in [7, 11) is 0. The fourth-order valence-electron chi connectivity index (χ4n) is 2.00. The van der Waals surface area contributed by atoms with Crippen molar-refractivity contribution in [3.63, 3.8) is 0 Å². The summed E-state index contributed by atoms with van der Waals surface area (Å²) in [6.45, 7) is 1.26. The molecule has 0 saturated heterocycles. The summed E-state index contributed by atoms with van der Waals surface area (Å²) in [5.41, 5.74) is 7.84. The number of para-hydroxylation sites is 1. The molecule has 0 atom stereocenters. The first kappa shape index (κ1) is 17.5. The van der Waals surface area contributed by atoms with Crippen LogP contribution in [0.25, 0.3) is 0 Å². The lowest BCUT2D eigenvalue weighted by molar-refractivity contribution is 0.288. The largest absolute Gasteiger partial charge is 0.477 e. The van der Waals surface area contributed by atoms with E-state index >= 15 is 0 Å². The van der Waals surface area contributed by atoms with Crippen LogP contribution in [0, 0.1) is 5.92 Å². The zero-order valence-corrected chi connectivity index (χ0v) is 15.1. The van der Waals surface area contributed by atoms with E-state index in [1.807, 2.05) is 42.5 Å². The molecule has 0 bridgehead atoms. The van der Waals surface area contributed by atoms with E-state index in [0.29, 0.717) is 24.3 Å². The van der Waals surface area contributed by atoms with Gasteiger partial charge in [0.2, 0.25) is 5.88 Å². The van der Waals surface area contributed by atoms with Crippen molar-refractivity contribution in [2.45, 2.75) is 19.4 Å². The molecule has 1 heterocycles. The summed E-state index contributed by atoms with van der Waals surface area (Å²) < 4.78 is 5.67. The first-order valence-corrected chi connectivity index (χ1v) is 7.49. The maximum absolute atomic E-state index is 5.89. The zero-order valence-electron chi connectivity index (χ0n) is 12.8. The minimum absolute atomic E-state index is 0. The van der Waals surface area contributed by atoms with Crippen molar-refractivity contribution in [1.82, 2.24) is 4.98 Å². The second-order valence-electron chi connectivity index (χ2n) is 5.45. The average Bonchev–Trinajstić information content (AvgIpc) is 3.37. The minimum atomic E-state index is 0. The van der Waals surface area contributed by atoms with E-state index in [1.54, 1.807) is 6.20 Å². The number of guanidine groups is 1. The lowest BCUT2D eigenvalue weighted by Gasteiger charge is -2.07. The molecule has 6 heteroatoms. The number of hydrogen-bond acceptors (Lipinski definition) is 3. The van der Waals surface area contributed by atoms with Crippen molar-refractivity contribution in [2.24, 2.45) is 16.6 Å². The molecule has 0 aliphatic heterocycles. The molecule has 0 amide bonds. The van der Waals surface area contributed by atoms with Crippen LogP contribution in [-0.4, -0.2) is 17.6 Å². The molecule has 1 aromatic heterocycles. The molecule has 23 heavy (non-hydrogen) atoms. The Bertz CT molecular complexity index is 644. The molecule has 5 nitrogen and oxygen atoms in total. The Kier molecular flexibility index (Phi) is 6.64. The maximum Gasteiger partial charge on any atom is 0.213 e. The Labute approximate surface area is 153 Å². The molecule has 1 saturated carbocycles. The Morgan fingerprint density at radius 1 is 1.26 bits per heavy atom. The number of aromatic nitrogens is 1. The fourth-order valence-corrected chi connectivity index (χ4v) is 2.00. The van der Waals surface area contributed by atoms with Gasteiger partial charge in [-0.2, -0.15) is 0 Å². The number of anilines is 1. The third-order valence-corrected chi connectivity index (χ3v) is 3.44. The van der Waals surface area contributed by atoms with E-state index in [4.69, 9.17) is 10.5 Å². The molecule has 1 aliphatic carbocycles. The van der Waals surface area contributed by atoms with Gasteiger partial charge in [0.25, 0.3) is 0 Å². The van der Waals surface area contributed by atoms with E-state index in [2.05, 4.69) is 15.3 Å². The SMILES string of the molecule is I.NC(=NCc1ccnc(OCC2CC2)c1)Nc1ccccc1. The topological polar surface area (TPSA) is 72.5 Å². The maximum atomic E-state index is 5.89. The molecule has 1 aliphatic rings. The van der Waals surface area contributed by atoms with E-state index in [9.17, 15) is 0 Å². The second-order valence-corrected chi connectivity index (χ2v) is 5.45. The van der Waals surface area contributed by atoms with Crippen LogP contribution >= 0.6 is 24.0 Å². The van der Waals surface area contributed by atoms with Gasteiger partial charge in [-0.3, -0.25) is 0 Å². The van der Waals surface area contributed by atoms with Crippen molar-refractivity contribution in [3.05, 3.63) is 54.2 Å². The van der Waals surface area contributed by atoms with Crippen LogP contribution in [0.3, 0.4) is 0 Å². The molecule has 3 N–H and O–H groups in total. The van der Waals surface area contributed by atoms with Crippen LogP contribution in [0.15, 0.2) is 53.7 Å². The standard InChI is InChI=1S/C17H20N4O.HI/c18-17(21-15-4-2-1-3-5-15)20-11-14-8-9-19-16(10-14)22-12-13-6-7-13;/h1-5,8-10,13H,6-7,11-12H2,(H3,18,20,21);1H. The number of halogens is 1. The van der Waals surface area contributed by atoms with Crippen LogP contribution in [0.5, 0.6) is 5.88 Å². The number of nitrogens with one attached hydrogen (secondary N) is 1. The highest BCUT2D eigenvalue weighted by atomic mass is 127. The summed E-state index contributed by atoms with van der Waals surface area (Å²) in [4.78, 5) is 8.55. The zero-order chi connectivity index (χ0) is 15.2. The van der Waals surface area contributed by atoms with Crippen molar-refractivity contribution in [1.29, 1.82) is 0 Å². The van der Waals surface area contributed by atoms with Gasteiger partial charge in [0, 0.05) is 18.0 Å². The number of pyridine rings is 1. The lowest BCUT2D eigenvalue weighted by Crippen LogP contribution is -2.22. The Hall–Kier alpha value is -1.83. The predicted molar refractivity (Wildman–Crippen MR) is 103 cm³/mol. The number of benzene rings is 1. The molecule has 0 spiro atoms. The molecular weight excluding hydrogens is 403 g/mol. The number of aliphatic imine (C=N–C) groups is 1. The van der Waals surface area contributed by atoms with E-state index < -0.39 is 0 Å². The van der Waals surface area contributed by atoms with Gasteiger partial charge in [-0.25, -0.2) is 9.98 Å². The molecular formula is C17H21IN4O. The van der Waals surface area contributed by atoms with Crippen LogP contribution in [0.1, 0.15) is 18.4 Å². The number of nitrogens with two attached hydrogens (primary N) is 1. The molecule has 3 rings (SSSR count). The van der Waals surface area contributed by atoms with Gasteiger partial charge >= 0.3 is 0 Å². The van der Waals surface area contributed by atoms with Gasteiger partial charge in [-0.05, 0) is 42.5 Å². The first-order valence-electron chi connectivity index (χ1n) is 7.49. The van der Waals surface area contributed by atoms with Crippen LogP contribution in [-0.2, 0) is 6.54 Å². The van der Waals surface area contributed by atoms with E-state index in [1.165, 1.54) is 12.8 Å². The summed E-state index contributed by atoms with van der Waals surface area (Å²) >= 11 is 0. The predicted octanol–water partition coefficient (Wildman–Crippen LogP) is 3.42. The van der Waals surface area contributed by atoms with Crippen LogP contribution < -0.4 is 15.8 Å². The van der Waals surface area contributed by atoms with Gasteiger partial charge in [0.1, 0.15) is 0 Å². The monoisotopic (exact) mass is 424 g/mol. The van der Waals surface area contributed by atoms with E-state index in [-0.39, 0.29) is 24.0 Å². The Morgan fingerprint density at radius 2 is 2.04 bits per heavy atom. The van der Waals surface area contributed by atoms with Crippen molar-refractivity contribution in [3.8, 4) is 5.88 Å². The summed E-state index contributed by atoms with van der Waals surface area (Å²) in [5.74, 6) is 1.77. The smallest absolute Gasteiger partial charge is 0.213 e. The molecule has 0 radical (unpaired) electrons. The van der Waals surface area contributed by atoms with Gasteiger partial charge < -0.3 is 15.8 Å². The van der Waals surface area contributed by atoms with Gasteiger partial charge in [0.15, 0.2) is 5.96 Å². The molecule has 1 fully saturated rings. The number of ether oxygens (including phenoxy) is 1. The second kappa shape index (κ2) is 8.71. The average molecular weight is 424 g/mol. The molecule has 1 aromatic carbocycles. The van der Waals surface area contributed by atoms with Crippen molar-refractivity contribution < 1.29 is 4.74 Å². The van der Waals surface area contributed by atoms with Gasteiger partial charge in [-0.1, -0.05) is 18.2 Å². The molecule has 0 unspecified atom stereocenters. The lowest BCUT2D eigenvalue weighted by atomic mass is 10.3. The highest BCUT2D eigenvalue weighted by Crippen LogP contribution is 2.29.